The van der Waals surface area contributed by atoms with Crippen molar-refractivity contribution in [2.45, 2.75) is 18.9 Å². The Morgan fingerprint density at radius 2 is 2.14 bits per heavy atom. The van der Waals surface area contributed by atoms with E-state index in [0.29, 0.717) is 6.61 Å². The molecule has 0 spiro atoms. The Bertz CT molecular complexity index is 678. The number of carbonyl (C=O) groups excluding carboxylic acids is 1. The highest BCUT2D eigenvalue weighted by Gasteiger charge is 2.21. The van der Waals surface area contributed by atoms with Gasteiger partial charge in [0.05, 0.1) is 12.6 Å². The van der Waals surface area contributed by atoms with E-state index in [1.807, 2.05) is 24.3 Å². The number of para-hydroxylation sites is 1. The van der Waals surface area contributed by atoms with Crippen LogP contribution in [0.5, 0.6) is 5.75 Å². The van der Waals surface area contributed by atoms with Crippen LogP contribution in [0, 0.1) is 5.82 Å². The third-order valence-electron chi connectivity index (χ3n) is 3.48. The molecule has 1 aromatic carbocycles. The predicted molar refractivity (Wildman–Crippen MR) is 80.3 cm³/mol. The number of ether oxygens (including phenoxy) is 1. The summed E-state index contributed by atoms with van der Waals surface area (Å²) >= 11 is 0. The summed E-state index contributed by atoms with van der Waals surface area (Å²) in [6, 6.07) is 9.65. The van der Waals surface area contributed by atoms with Gasteiger partial charge in [-0.1, -0.05) is 18.2 Å². The number of carbonyl (C=O) groups is 1. The van der Waals surface area contributed by atoms with Gasteiger partial charge >= 0.3 is 6.03 Å². The highest BCUT2D eigenvalue weighted by Crippen LogP contribution is 2.31. The minimum atomic E-state index is -0.567. The fourth-order valence-electron chi connectivity index (χ4n) is 2.45. The van der Waals surface area contributed by atoms with Crippen LogP contribution in [0.2, 0.25) is 0 Å². The second kappa shape index (κ2) is 6.43. The van der Waals surface area contributed by atoms with Crippen LogP contribution in [0.1, 0.15) is 24.4 Å². The van der Waals surface area contributed by atoms with Gasteiger partial charge in [-0.05, 0) is 31.0 Å². The van der Waals surface area contributed by atoms with Crippen LogP contribution in [0.3, 0.4) is 0 Å². The zero-order chi connectivity index (χ0) is 15.4. The molecule has 2 aromatic rings. The lowest BCUT2D eigenvalue weighted by molar-refractivity contribution is 0.247. The molecule has 0 fully saturated rings. The monoisotopic (exact) mass is 301 g/mol. The first kappa shape index (κ1) is 14.3. The number of benzene rings is 1. The normalized spacial score (nSPS) is 16.9. The highest BCUT2D eigenvalue weighted by molar-refractivity contribution is 5.88. The third-order valence-corrected chi connectivity index (χ3v) is 3.48. The zero-order valence-corrected chi connectivity index (χ0v) is 11.9. The Morgan fingerprint density at radius 3 is 3.00 bits per heavy atom. The molecule has 0 saturated heterocycles. The number of amides is 2. The van der Waals surface area contributed by atoms with Crippen molar-refractivity contribution in [1.82, 2.24) is 10.3 Å². The van der Waals surface area contributed by atoms with Crippen molar-refractivity contribution in [2.24, 2.45) is 0 Å². The SMILES string of the molecule is O=C(Nc1ncccc1F)NC1CCCOc2ccccc21. The fourth-order valence-corrected chi connectivity index (χ4v) is 2.45. The van der Waals surface area contributed by atoms with Crippen molar-refractivity contribution >= 4 is 11.8 Å². The molecule has 0 aliphatic carbocycles. The third kappa shape index (κ3) is 3.16. The van der Waals surface area contributed by atoms with Crippen molar-refractivity contribution in [1.29, 1.82) is 0 Å². The number of fused-ring (bicyclic) bond motifs is 1. The molecule has 0 radical (unpaired) electrons. The quantitative estimate of drug-likeness (QED) is 0.895. The summed E-state index contributed by atoms with van der Waals surface area (Å²) in [5.41, 5.74) is 0.927. The van der Waals surface area contributed by atoms with Crippen LogP contribution >= 0.6 is 0 Å². The topological polar surface area (TPSA) is 63.2 Å². The minimum Gasteiger partial charge on any atom is -0.493 e. The minimum absolute atomic E-state index is 0.0850. The van der Waals surface area contributed by atoms with Gasteiger partial charge in [-0.3, -0.25) is 5.32 Å². The number of pyridine rings is 1. The molecular formula is C16H16FN3O2. The first-order valence-corrected chi connectivity index (χ1v) is 7.14. The number of aromatic nitrogens is 1. The molecule has 2 N–H and O–H groups in total. The summed E-state index contributed by atoms with van der Waals surface area (Å²) in [7, 11) is 0. The first-order chi connectivity index (χ1) is 10.7. The number of anilines is 1. The maximum atomic E-state index is 13.5. The summed E-state index contributed by atoms with van der Waals surface area (Å²) in [6.45, 7) is 0.617. The summed E-state index contributed by atoms with van der Waals surface area (Å²) < 4.78 is 19.2. The van der Waals surface area contributed by atoms with Gasteiger partial charge in [-0.25, -0.2) is 14.2 Å². The molecule has 3 rings (SSSR count). The van der Waals surface area contributed by atoms with Crippen molar-refractivity contribution < 1.29 is 13.9 Å². The smallest absolute Gasteiger partial charge is 0.320 e. The fraction of sp³-hybridized carbons (Fsp3) is 0.250. The van der Waals surface area contributed by atoms with Crippen LogP contribution in [0.4, 0.5) is 15.0 Å². The molecule has 2 amide bonds. The molecule has 0 saturated carbocycles. The van der Waals surface area contributed by atoms with E-state index in [4.69, 9.17) is 4.74 Å². The Balaban J connectivity index is 1.73. The van der Waals surface area contributed by atoms with Crippen molar-refractivity contribution in [2.75, 3.05) is 11.9 Å². The lowest BCUT2D eigenvalue weighted by Gasteiger charge is -2.18. The van der Waals surface area contributed by atoms with E-state index < -0.39 is 11.8 Å². The largest absolute Gasteiger partial charge is 0.493 e. The van der Waals surface area contributed by atoms with Gasteiger partial charge in [0.15, 0.2) is 11.6 Å². The van der Waals surface area contributed by atoms with Gasteiger partial charge in [0.2, 0.25) is 0 Å². The Hall–Kier alpha value is -2.63. The molecule has 6 heteroatoms. The summed E-state index contributed by atoms with van der Waals surface area (Å²) in [6.07, 6.45) is 3.01. The van der Waals surface area contributed by atoms with Crippen LogP contribution in [0.25, 0.3) is 0 Å². The lowest BCUT2D eigenvalue weighted by Crippen LogP contribution is -2.33. The number of urea groups is 1. The van der Waals surface area contributed by atoms with Crippen LogP contribution < -0.4 is 15.4 Å². The molecule has 114 valence electrons. The number of halogens is 1. The van der Waals surface area contributed by atoms with Gasteiger partial charge in [-0.15, -0.1) is 0 Å². The van der Waals surface area contributed by atoms with E-state index >= 15 is 0 Å². The number of nitrogens with zero attached hydrogens (tertiary/aromatic N) is 1. The molecule has 0 bridgehead atoms. The van der Waals surface area contributed by atoms with Crippen molar-refractivity contribution in [3.8, 4) is 5.75 Å². The van der Waals surface area contributed by atoms with Gasteiger partial charge in [0.1, 0.15) is 5.75 Å². The van der Waals surface area contributed by atoms with Crippen LogP contribution in [-0.2, 0) is 0 Å². The zero-order valence-electron chi connectivity index (χ0n) is 11.9. The molecule has 5 nitrogen and oxygen atoms in total. The molecule has 2 heterocycles. The van der Waals surface area contributed by atoms with Crippen molar-refractivity contribution in [3.63, 3.8) is 0 Å². The maximum absolute atomic E-state index is 13.5. The highest BCUT2D eigenvalue weighted by atomic mass is 19.1. The average Bonchev–Trinajstić information content (AvgIpc) is 2.72. The molecule has 1 aliphatic rings. The molecule has 22 heavy (non-hydrogen) atoms. The molecule has 1 unspecified atom stereocenters. The van der Waals surface area contributed by atoms with Gasteiger partial charge in [-0.2, -0.15) is 0 Å². The van der Waals surface area contributed by atoms with E-state index in [1.165, 1.54) is 18.3 Å². The second-order valence-corrected chi connectivity index (χ2v) is 5.01. The number of hydrogen-bond acceptors (Lipinski definition) is 3. The van der Waals surface area contributed by atoms with E-state index in [2.05, 4.69) is 15.6 Å². The second-order valence-electron chi connectivity index (χ2n) is 5.01. The number of nitrogens with one attached hydrogen (secondary N) is 2. The number of rotatable bonds is 2. The summed E-state index contributed by atoms with van der Waals surface area (Å²) in [5.74, 6) is 0.120. The van der Waals surface area contributed by atoms with Crippen molar-refractivity contribution in [3.05, 3.63) is 54.0 Å². The molecular weight excluding hydrogens is 285 g/mol. The Kier molecular flexibility index (Phi) is 4.18. The Labute approximate surface area is 127 Å². The standard InChI is InChI=1S/C16H16FN3O2/c17-12-6-3-9-18-15(12)20-16(21)19-13-7-4-10-22-14-8-2-1-5-11(13)14/h1-3,5-6,8-9,13H,4,7,10H2,(H2,18,19,20,21). The molecule has 1 aliphatic heterocycles. The van der Waals surface area contributed by atoms with E-state index in [1.54, 1.807) is 0 Å². The maximum Gasteiger partial charge on any atom is 0.320 e. The summed E-state index contributed by atoms with van der Waals surface area (Å²) in [5, 5.41) is 5.29. The van der Waals surface area contributed by atoms with Gasteiger partial charge < -0.3 is 10.1 Å². The number of hydrogen-bond donors (Lipinski definition) is 2. The molecule has 1 atom stereocenters. The Morgan fingerprint density at radius 1 is 1.27 bits per heavy atom. The van der Waals surface area contributed by atoms with Gasteiger partial charge in [0, 0.05) is 11.8 Å². The van der Waals surface area contributed by atoms with E-state index in [9.17, 15) is 9.18 Å². The van der Waals surface area contributed by atoms with Gasteiger partial charge in [0.25, 0.3) is 0 Å². The van der Waals surface area contributed by atoms with E-state index in [0.717, 1.165) is 24.2 Å². The average molecular weight is 301 g/mol. The van der Waals surface area contributed by atoms with Crippen LogP contribution in [0.15, 0.2) is 42.6 Å². The lowest BCUT2D eigenvalue weighted by atomic mass is 10.0. The first-order valence-electron chi connectivity index (χ1n) is 7.14. The van der Waals surface area contributed by atoms with Crippen LogP contribution in [-0.4, -0.2) is 17.6 Å². The predicted octanol–water partition coefficient (Wildman–Crippen LogP) is 3.26. The van der Waals surface area contributed by atoms with E-state index in [-0.39, 0.29) is 11.9 Å². The summed E-state index contributed by atoms with van der Waals surface area (Å²) in [4.78, 5) is 15.9. The molecule has 1 aromatic heterocycles.